The number of halogens is 1. The van der Waals surface area contributed by atoms with Crippen LogP contribution in [-0.4, -0.2) is 10.2 Å². The van der Waals surface area contributed by atoms with Crippen LogP contribution in [0.5, 0.6) is 11.5 Å². The topological polar surface area (TPSA) is 70.7 Å². The summed E-state index contributed by atoms with van der Waals surface area (Å²) in [6, 6.07) is 6.66. The fourth-order valence-electron chi connectivity index (χ4n) is 2.08. The lowest BCUT2D eigenvalue weighted by Crippen LogP contribution is -2.03. The molecule has 0 aliphatic rings. The van der Waals surface area contributed by atoms with E-state index in [-0.39, 0.29) is 38.5 Å². The molecule has 0 amide bonds. The van der Waals surface area contributed by atoms with Gasteiger partial charge in [0.2, 0.25) is 5.43 Å². The number of aromatic hydroxyl groups is 2. The highest BCUT2D eigenvalue weighted by Crippen LogP contribution is 2.41. The summed E-state index contributed by atoms with van der Waals surface area (Å²) in [7, 11) is 0. The smallest absolute Gasteiger partial charge is 0.204 e. The van der Waals surface area contributed by atoms with Crippen LogP contribution < -0.4 is 5.43 Å². The van der Waals surface area contributed by atoms with Gasteiger partial charge >= 0.3 is 0 Å². The Hall–Kier alpha value is -2.20. The van der Waals surface area contributed by atoms with E-state index in [4.69, 9.17) is 16.0 Å². The first-order valence-electron chi connectivity index (χ1n) is 5.58. The lowest BCUT2D eigenvalue weighted by atomic mass is 10.1. The summed E-state index contributed by atoms with van der Waals surface area (Å²) in [6.07, 6.45) is 0. The summed E-state index contributed by atoms with van der Waals surface area (Å²) < 4.78 is 5.52. The maximum absolute atomic E-state index is 12.4. The van der Waals surface area contributed by atoms with Gasteiger partial charge in [-0.1, -0.05) is 23.7 Å². The van der Waals surface area contributed by atoms with E-state index in [0.717, 1.165) is 0 Å². The number of benzene rings is 2. The molecule has 0 aliphatic carbocycles. The molecule has 19 heavy (non-hydrogen) atoms. The number of hydrogen-bond donors (Lipinski definition) is 2. The Kier molecular flexibility index (Phi) is 2.43. The second-order valence-corrected chi connectivity index (χ2v) is 4.65. The van der Waals surface area contributed by atoms with Gasteiger partial charge in [0.05, 0.1) is 5.39 Å². The van der Waals surface area contributed by atoms with Crippen LogP contribution in [0.3, 0.4) is 0 Å². The molecule has 0 bridgehead atoms. The zero-order valence-electron chi connectivity index (χ0n) is 9.90. The van der Waals surface area contributed by atoms with Crippen LogP contribution in [0.4, 0.5) is 0 Å². The first kappa shape index (κ1) is 11.9. The van der Waals surface area contributed by atoms with Gasteiger partial charge in [0.15, 0.2) is 5.58 Å². The third kappa shape index (κ3) is 1.50. The van der Waals surface area contributed by atoms with E-state index in [1.807, 2.05) is 0 Å². The molecule has 3 aromatic rings. The molecule has 0 spiro atoms. The Balaban J connectivity index is 2.71. The number of phenols is 2. The fraction of sp³-hybridized carbons (Fsp3) is 0.0714. The standard InChI is InChI=1S/C14H9ClO4/c1-6-11(16)9-13(18)7-4-2-3-5-8(7)19-14(9)10(15)12(6)17/h2-5,16-17H,1H3. The molecule has 0 fully saturated rings. The third-order valence-corrected chi connectivity index (χ3v) is 3.50. The molecule has 1 heterocycles. The summed E-state index contributed by atoms with van der Waals surface area (Å²) in [5.41, 5.74) is 0.120. The summed E-state index contributed by atoms with van der Waals surface area (Å²) >= 11 is 5.98. The fourth-order valence-corrected chi connectivity index (χ4v) is 2.36. The average molecular weight is 277 g/mol. The molecule has 0 radical (unpaired) electrons. The van der Waals surface area contributed by atoms with E-state index in [0.29, 0.717) is 11.0 Å². The molecule has 0 aliphatic heterocycles. The van der Waals surface area contributed by atoms with Gasteiger partial charge in [-0.15, -0.1) is 0 Å². The minimum atomic E-state index is -0.376. The predicted octanol–water partition coefficient (Wildman–Crippen LogP) is 3.32. The Labute approximate surface area is 112 Å². The van der Waals surface area contributed by atoms with E-state index in [9.17, 15) is 15.0 Å². The number of para-hydroxylation sites is 1. The van der Waals surface area contributed by atoms with Gasteiger partial charge in [-0.3, -0.25) is 4.79 Å². The van der Waals surface area contributed by atoms with Crippen molar-refractivity contribution in [2.75, 3.05) is 0 Å². The average Bonchev–Trinajstić information content (AvgIpc) is 2.43. The monoisotopic (exact) mass is 276 g/mol. The summed E-state index contributed by atoms with van der Waals surface area (Å²) in [6.45, 7) is 1.48. The van der Waals surface area contributed by atoms with Gasteiger partial charge in [0, 0.05) is 5.56 Å². The zero-order valence-corrected chi connectivity index (χ0v) is 10.7. The van der Waals surface area contributed by atoms with Crippen LogP contribution >= 0.6 is 11.6 Å². The second-order valence-electron chi connectivity index (χ2n) is 4.27. The first-order chi connectivity index (χ1) is 9.02. The van der Waals surface area contributed by atoms with Crippen molar-refractivity contribution in [3.8, 4) is 11.5 Å². The summed E-state index contributed by atoms with van der Waals surface area (Å²) in [5.74, 6) is -0.596. The third-order valence-electron chi connectivity index (χ3n) is 3.15. The highest BCUT2D eigenvalue weighted by molar-refractivity contribution is 6.36. The van der Waals surface area contributed by atoms with E-state index < -0.39 is 0 Å². The Bertz CT molecular complexity index is 880. The Morgan fingerprint density at radius 3 is 2.58 bits per heavy atom. The van der Waals surface area contributed by atoms with Crippen molar-refractivity contribution in [3.63, 3.8) is 0 Å². The molecule has 0 saturated carbocycles. The van der Waals surface area contributed by atoms with Gasteiger partial charge in [-0.25, -0.2) is 0 Å². The van der Waals surface area contributed by atoms with Gasteiger partial charge in [0.25, 0.3) is 0 Å². The van der Waals surface area contributed by atoms with E-state index in [1.54, 1.807) is 24.3 Å². The predicted molar refractivity (Wildman–Crippen MR) is 73.1 cm³/mol. The molecule has 0 atom stereocenters. The number of hydrogen-bond acceptors (Lipinski definition) is 4. The van der Waals surface area contributed by atoms with E-state index >= 15 is 0 Å². The minimum absolute atomic E-state index is 0.00836. The number of fused-ring (bicyclic) bond motifs is 2. The van der Waals surface area contributed by atoms with Crippen LogP contribution in [0.1, 0.15) is 5.56 Å². The molecular weight excluding hydrogens is 268 g/mol. The largest absolute Gasteiger partial charge is 0.507 e. The van der Waals surface area contributed by atoms with Crippen LogP contribution in [0.2, 0.25) is 5.02 Å². The highest BCUT2D eigenvalue weighted by atomic mass is 35.5. The maximum Gasteiger partial charge on any atom is 0.204 e. The molecule has 0 saturated heterocycles. The molecule has 4 nitrogen and oxygen atoms in total. The molecule has 5 heteroatoms. The number of rotatable bonds is 0. The van der Waals surface area contributed by atoms with Crippen LogP contribution in [0, 0.1) is 6.92 Å². The van der Waals surface area contributed by atoms with Crippen molar-refractivity contribution >= 4 is 33.5 Å². The van der Waals surface area contributed by atoms with Crippen molar-refractivity contribution in [2.24, 2.45) is 0 Å². The highest BCUT2D eigenvalue weighted by Gasteiger charge is 2.20. The summed E-state index contributed by atoms with van der Waals surface area (Å²) in [4.78, 5) is 12.4. The van der Waals surface area contributed by atoms with E-state index in [2.05, 4.69) is 0 Å². The van der Waals surface area contributed by atoms with Crippen molar-refractivity contribution in [1.82, 2.24) is 0 Å². The van der Waals surface area contributed by atoms with Crippen LogP contribution in [0.15, 0.2) is 33.5 Å². The van der Waals surface area contributed by atoms with Gasteiger partial charge in [0.1, 0.15) is 27.5 Å². The molecule has 96 valence electrons. The van der Waals surface area contributed by atoms with Crippen molar-refractivity contribution in [1.29, 1.82) is 0 Å². The van der Waals surface area contributed by atoms with Gasteiger partial charge in [-0.2, -0.15) is 0 Å². The SMILES string of the molecule is Cc1c(O)c(Cl)c2oc3ccccc3c(=O)c2c1O. The van der Waals surface area contributed by atoms with Crippen LogP contribution in [-0.2, 0) is 0 Å². The lowest BCUT2D eigenvalue weighted by Gasteiger charge is -2.09. The minimum Gasteiger partial charge on any atom is -0.507 e. The van der Waals surface area contributed by atoms with E-state index in [1.165, 1.54) is 6.92 Å². The molecule has 3 rings (SSSR count). The maximum atomic E-state index is 12.4. The van der Waals surface area contributed by atoms with Crippen molar-refractivity contribution in [3.05, 3.63) is 45.1 Å². The van der Waals surface area contributed by atoms with Gasteiger partial charge in [-0.05, 0) is 19.1 Å². The zero-order chi connectivity index (χ0) is 13.7. The molecule has 2 aromatic carbocycles. The molecular formula is C14H9ClO4. The Morgan fingerprint density at radius 1 is 1.16 bits per heavy atom. The molecule has 2 N–H and O–H groups in total. The molecule has 1 aromatic heterocycles. The lowest BCUT2D eigenvalue weighted by molar-refractivity contribution is 0.446. The molecule has 0 unspecified atom stereocenters. The Morgan fingerprint density at radius 2 is 1.84 bits per heavy atom. The quantitative estimate of drug-likeness (QED) is 0.618. The van der Waals surface area contributed by atoms with Crippen molar-refractivity contribution in [2.45, 2.75) is 6.92 Å². The summed E-state index contributed by atoms with van der Waals surface area (Å²) in [5, 5.41) is 20.1. The van der Waals surface area contributed by atoms with Crippen LogP contribution in [0.25, 0.3) is 21.9 Å². The number of phenolic OH excluding ortho intramolecular Hbond substituents is 2. The second kappa shape index (κ2) is 3.90. The normalized spacial score (nSPS) is 11.3. The van der Waals surface area contributed by atoms with Gasteiger partial charge < -0.3 is 14.6 Å². The van der Waals surface area contributed by atoms with Crippen molar-refractivity contribution < 1.29 is 14.6 Å². The first-order valence-corrected chi connectivity index (χ1v) is 5.95.